The molecule has 2 fully saturated rings. The van der Waals surface area contributed by atoms with Crippen molar-refractivity contribution in [1.29, 1.82) is 0 Å². The smallest absolute Gasteiger partial charge is 0.255 e. The lowest BCUT2D eigenvalue weighted by atomic mass is 9.98. The average molecular weight is 466 g/mol. The first kappa shape index (κ1) is 19.6. The average Bonchev–Trinajstić information content (AvgIpc) is 3.04. The van der Waals surface area contributed by atoms with Crippen LogP contribution in [0.1, 0.15) is 29.6 Å². The fourth-order valence-corrected chi connectivity index (χ4v) is 4.45. The largest absolute Gasteiger partial charge is 1.00 e. The van der Waals surface area contributed by atoms with Crippen LogP contribution in [0.15, 0.2) is 12.1 Å². The van der Waals surface area contributed by atoms with Gasteiger partial charge in [-0.3, -0.25) is 4.79 Å². The van der Waals surface area contributed by atoms with E-state index in [0.717, 1.165) is 0 Å². The number of carbonyl (C=O) groups excluding carboxylic acids is 1. The summed E-state index contributed by atoms with van der Waals surface area (Å²) in [6.45, 7) is 3.21. The molecule has 0 aromatic heterocycles. The third-order valence-electron chi connectivity index (χ3n) is 5.61. The molecule has 7 heteroatoms. The van der Waals surface area contributed by atoms with Crippen LogP contribution < -0.4 is 39.8 Å². The van der Waals surface area contributed by atoms with Crippen molar-refractivity contribution < 1.29 is 38.0 Å². The van der Waals surface area contributed by atoms with Crippen molar-refractivity contribution >= 4 is 23.2 Å². The molecule has 1 aromatic carbocycles. The number of hydrogen-bond acceptors (Lipinski definition) is 3. The van der Waals surface area contributed by atoms with Crippen molar-refractivity contribution in [1.82, 2.24) is 5.32 Å². The number of ether oxygens (including phenoxy) is 1. The van der Waals surface area contributed by atoms with Crippen molar-refractivity contribution in [3.05, 3.63) is 22.7 Å². The molecule has 2 saturated heterocycles. The second-order valence-electron chi connectivity index (χ2n) is 6.97. The molecule has 0 spiro atoms. The molecule has 0 bridgehead atoms. The van der Waals surface area contributed by atoms with Gasteiger partial charge in [0.15, 0.2) is 0 Å². The van der Waals surface area contributed by atoms with Gasteiger partial charge in [-0.05, 0) is 6.07 Å². The lowest BCUT2D eigenvalue weighted by molar-refractivity contribution is -0.910. The maximum atomic E-state index is 12.5. The van der Waals surface area contributed by atoms with Crippen LogP contribution in [0.25, 0.3) is 0 Å². The Morgan fingerprint density at radius 3 is 2.88 bits per heavy atom. The van der Waals surface area contributed by atoms with E-state index in [-0.39, 0.29) is 29.9 Å². The van der Waals surface area contributed by atoms with Gasteiger partial charge in [-0.25, -0.2) is 0 Å². The molecule has 0 radical (unpaired) electrons. The van der Waals surface area contributed by atoms with E-state index in [1.165, 1.54) is 43.9 Å². The summed E-state index contributed by atoms with van der Waals surface area (Å²) >= 11 is 6.04. The predicted octanol–water partition coefficient (Wildman–Crippen LogP) is -0.706. The fraction of sp³-hybridized carbons (Fsp3) is 0.588. The second kappa shape index (κ2) is 7.66. The molecule has 134 valence electrons. The zero-order chi connectivity index (χ0) is 16.6. The maximum Gasteiger partial charge on any atom is 0.255 e. The lowest BCUT2D eigenvalue weighted by Crippen LogP contribution is -3.00. The van der Waals surface area contributed by atoms with E-state index in [9.17, 15) is 4.79 Å². The van der Waals surface area contributed by atoms with Gasteiger partial charge >= 0.3 is 0 Å². The number of nitrogens with two attached hydrogens (primary N) is 1. The Balaban J connectivity index is 0.00000208. The quantitative estimate of drug-likeness (QED) is 0.351. The van der Waals surface area contributed by atoms with Crippen LogP contribution >= 0.6 is 11.6 Å². The summed E-state index contributed by atoms with van der Waals surface area (Å²) in [5.74, 6) is 0.863. The van der Waals surface area contributed by atoms with E-state index in [4.69, 9.17) is 22.1 Å². The van der Waals surface area contributed by atoms with Crippen LogP contribution in [-0.2, 0) is 0 Å². The Hall–Kier alpha value is -0.730. The summed E-state index contributed by atoms with van der Waals surface area (Å²) < 4.78 is 6.44. The summed E-state index contributed by atoms with van der Waals surface area (Å²) in [4.78, 5) is 12.5. The van der Waals surface area contributed by atoms with Crippen molar-refractivity contribution in [3.63, 3.8) is 0 Å². The third kappa shape index (κ3) is 3.60. The van der Waals surface area contributed by atoms with Gasteiger partial charge in [-0.1, -0.05) is 11.6 Å². The van der Waals surface area contributed by atoms with Gasteiger partial charge in [0.25, 0.3) is 5.91 Å². The van der Waals surface area contributed by atoms with Gasteiger partial charge in [0.1, 0.15) is 5.75 Å². The molecule has 0 unspecified atom stereocenters. The van der Waals surface area contributed by atoms with E-state index in [1.807, 2.05) is 0 Å². The van der Waals surface area contributed by atoms with Crippen molar-refractivity contribution in [2.24, 2.45) is 5.92 Å². The highest BCUT2D eigenvalue weighted by molar-refractivity contribution is 6.33. The lowest BCUT2D eigenvalue weighted by Gasteiger charge is -2.31. The topological polar surface area (TPSA) is 64.3 Å². The molecule has 24 heavy (non-hydrogen) atoms. The predicted molar refractivity (Wildman–Crippen MR) is 91.8 cm³/mol. The molecule has 5 nitrogen and oxygen atoms in total. The Bertz CT molecular complexity index is 628. The molecule has 2 heterocycles. The normalized spacial score (nSPS) is 28.1. The highest BCUT2D eigenvalue weighted by Gasteiger charge is 2.48. The summed E-state index contributed by atoms with van der Waals surface area (Å²) in [5, 5.41) is 3.44. The molecule has 3 atom stereocenters. The molecule has 1 amide bonds. The molecule has 0 saturated carbocycles. The van der Waals surface area contributed by atoms with Crippen molar-refractivity contribution in [2.45, 2.75) is 25.3 Å². The highest BCUT2D eigenvalue weighted by Crippen LogP contribution is 2.38. The van der Waals surface area contributed by atoms with Gasteiger partial charge < -0.3 is 44.2 Å². The molecule has 2 aliphatic rings. The number of nitrogens with one attached hydrogen (secondary N) is 1. The van der Waals surface area contributed by atoms with Gasteiger partial charge in [-0.15, -0.1) is 0 Å². The SMILES string of the molecule is COc1cc(N)c(Cl)cc1C(=O)NC[C@@H]1CC[N@@+]2(C)CCC[C@@H]12.[I-]. The summed E-state index contributed by atoms with van der Waals surface area (Å²) in [6, 6.07) is 3.86. The zero-order valence-corrected chi connectivity index (χ0v) is 17.1. The monoisotopic (exact) mass is 465 g/mol. The van der Waals surface area contributed by atoms with E-state index >= 15 is 0 Å². The van der Waals surface area contributed by atoms with Gasteiger partial charge in [-0.2, -0.15) is 0 Å². The van der Waals surface area contributed by atoms with Crippen molar-refractivity contribution in [2.75, 3.05) is 39.5 Å². The molecular weight excluding hydrogens is 441 g/mol. The Morgan fingerprint density at radius 2 is 2.17 bits per heavy atom. The number of hydrogen-bond donors (Lipinski definition) is 2. The number of quaternary nitrogens is 1. The molecule has 3 rings (SSSR count). The number of benzene rings is 1. The van der Waals surface area contributed by atoms with Crippen LogP contribution in [0.5, 0.6) is 5.75 Å². The summed E-state index contributed by atoms with van der Waals surface area (Å²) in [6.07, 6.45) is 3.75. The Kier molecular flexibility index (Phi) is 6.25. The number of amides is 1. The highest BCUT2D eigenvalue weighted by atomic mass is 127. The van der Waals surface area contributed by atoms with E-state index in [1.54, 1.807) is 12.1 Å². The van der Waals surface area contributed by atoms with Gasteiger partial charge in [0.2, 0.25) is 0 Å². The Labute approximate surface area is 165 Å². The number of carbonyl (C=O) groups is 1. The maximum absolute atomic E-state index is 12.5. The first-order valence-electron chi connectivity index (χ1n) is 8.20. The Morgan fingerprint density at radius 1 is 1.42 bits per heavy atom. The van der Waals surface area contributed by atoms with Crippen LogP contribution in [0.3, 0.4) is 0 Å². The first-order valence-corrected chi connectivity index (χ1v) is 8.58. The number of anilines is 1. The number of methoxy groups -OCH3 is 1. The number of halogens is 2. The number of fused-ring (bicyclic) bond motifs is 1. The van der Waals surface area contributed by atoms with Crippen molar-refractivity contribution in [3.8, 4) is 5.75 Å². The van der Waals surface area contributed by atoms with E-state index in [0.29, 0.717) is 40.5 Å². The third-order valence-corrected chi connectivity index (χ3v) is 5.94. The number of nitrogens with zero attached hydrogens (tertiary/aromatic N) is 1. The van der Waals surface area contributed by atoms with E-state index in [2.05, 4.69) is 12.4 Å². The number of nitrogen functional groups attached to an aromatic ring is 1. The van der Waals surface area contributed by atoms with Crippen LogP contribution in [0, 0.1) is 5.92 Å². The minimum Gasteiger partial charge on any atom is -1.00 e. The van der Waals surface area contributed by atoms with Crippen LogP contribution in [0.4, 0.5) is 5.69 Å². The molecule has 2 aliphatic heterocycles. The molecule has 1 aromatic rings. The first-order chi connectivity index (χ1) is 10.9. The van der Waals surface area contributed by atoms with Crippen LogP contribution in [-0.4, -0.2) is 50.2 Å². The molecular formula is C17H25ClIN3O2. The minimum absolute atomic E-state index is 0. The summed E-state index contributed by atoms with van der Waals surface area (Å²) in [7, 11) is 3.88. The van der Waals surface area contributed by atoms with Gasteiger partial charge in [0, 0.05) is 37.8 Å². The van der Waals surface area contributed by atoms with E-state index < -0.39 is 0 Å². The fourth-order valence-electron chi connectivity index (χ4n) is 4.29. The van der Waals surface area contributed by atoms with Gasteiger partial charge in [0.05, 0.1) is 49.6 Å². The molecule has 3 N–H and O–H groups in total. The summed E-state index contributed by atoms with van der Waals surface area (Å²) in [5.41, 5.74) is 6.62. The number of rotatable bonds is 4. The molecule has 0 aliphatic carbocycles. The minimum atomic E-state index is -0.150. The standard InChI is InChI=1S/C17H24ClN3O2.HI/c1-21-6-3-4-15(21)11(5-7-21)10-20-17(22)12-8-13(18)14(19)9-16(12)23-2;/h8-9,11,15H,3-7,10H2,1-2H3,(H2-,19,20,22);1H/t11-,15-,21+;/m0./s1. The second-order valence-corrected chi connectivity index (χ2v) is 7.38. The zero-order valence-electron chi connectivity index (χ0n) is 14.1. The van der Waals surface area contributed by atoms with Crippen LogP contribution in [0.2, 0.25) is 5.02 Å².